The van der Waals surface area contributed by atoms with E-state index in [1.165, 1.54) is 0 Å². The lowest BCUT2D eigenvalue weighted by atomic mass is 9.48. The second kappa shape index (κ2) is 8.03. The van der Waals surface area contributed by atoms with Crippen LogP contribution in [0.25, 0.3) is 6.08 Å². The van der Waals surface area contributed by atoms with Crippen LogP contribution in [0, 0.1) is 17.0 Å². The second-order valence-corrected chi connectivity index (χ2v) is 11.0. The number of ether oxygens (including phenoxy) is 1. The zero-order valence-electron chi connectivity index (χ0n) is 21.2. The first-order chi connectivity index (χ1) is 17.6. The summed E-state index contributed by atoms with van der Waals surface area (Å²) in [5, 5.41) is 35.1. The zero-order valence-corrected chi connectivity index (χ0v) is 21.2. The normalized spacial score (nSPS) is 31.6. The molecule has 9 nitrogen and oxygen atoms in total. The molecule has 1 spiro atoms. The van der Waals surface area contributed by atoms with Crippen molar-refractivity contribution in [3.05, 3.63) is 68.8 Å². The number of phenolic OH excluding ortho intramolecular Hbond substituents is 1. The lowest BCUT2D eigenvalue weighted by Crippen LogP contribution is -2.77. The second-order valence-electron chi connectivity index (χ2n) is 11.0. The van der Waals surface area contributed by atoms with Gasteiger partial charge in [-0.2, -0.15) is 0 Å². The van der Waals surface area contributed by atoms with Crippen LogP contribution in [0.2, 0.25) is 0 Å². The SMILES string of the molecule is Cc1cccc(C=CC(=O)N(C)[C@H]2CC[C@@]3(O)[C@H]4Cc5c([N+](=O)[O-])cc(O)c6c5[C@@]3(CCN4C)[C@H]2O6)c1. The number of likely N-dealkylation sites (tertiary alicyclic amines) is 1. The molecule has 5 atom stereocenters. The molecule has 194 valence electrons. The average Bonchev–Trinajstić information content (AvgIpc) is 3.21. The molecular weight excluding hydrogens is 474 g/mol. The number of nitro benzene ring substituents is 1. The van der Waals surface area contributed by atoms with Crippen molar-refractivity contribution in [3.63, 3.8) is 0 Å². The number of aromatic hydroxyl groups is 1. The van der Waals surface area contributed by atoms with Crippen LogP contribution in [-0.4, -0.2) is 75.3 Å². The number of nitrogens with zero attached hydrogens (tertiary/aromatic N) is 3. The Morgan fingerprint density at radius 3 is 2.84 bits per heavy atom. The van der Waals surface area contributed by atoms with Gasteiger partial charge in [0.15, 0.2) is 11.5 Å². The maximum Gasteiger partial charge on any atom is 0.276 e. The molecular formula is C28H31N3O6. The smallest absolute Gasteiger partial charge is 0.276 e. The molecule has 1 saturated heterocycles. The highest BCUT2D eigenvalue weighted by molar-refractivity contribution is 5.92. The molecule has 1 saturated carbocycles. The summed E-state index contributed by atoms with van der Waals surface area (Å²) in [5.74, 6) is -0.264. The van der Waals surface area contributed by atoms with E-state index < -0.39 is 22.0 Å². The molecule has 2 aromatic rings. The van der Waals surface area contributed by atoms with Gasteiger partial charge >= 0.3 is 0 Å². The van der Waals surface area contributed by atoms with Gasteiger partial charge in [-0.3, -0.25) is 14.9 Å². The third-order valence-electron chi connectivity index (χ3n) is 9.31. The minimum absolute atomic E-state index is 0.144. The van der Waals surface area contributed by atoms with Crippen LogP contribution in [-0.2, 0) is 16.6 Å². The van der Waals surface area contributed by atoms with Crippen molar-refractivity contribution in [2.75, 3.05) is 20.6 Å². The number of hydrogen-bond acceptors (Lipinski definition) is 7. The van der Waals surface area contributed by atoms with Crippen LogP contribution in [0.4, 0.5) is 5.69 Å². The fourth-order valence-corrected chi connectivity index (χ4v) is 7.58. The topological polar surface area (TPSA) is 116 Å². The van der Waals surface area contributed by atoms with Crippen molar-refractivity contribution >= 4 is 17.7 Å². The van der Waals surface area contributed by atoms with Crippen molar-refractivity contribution in [1.29, 1.82) is 0 Å². The number of likely N-dealkylation sites (N-methyl/N-ethyl adjacent to an activating group) is 2. The summed E-state index contributed by atoms with van der Waals surface area (Å²) >= 11 is 0. The summed E-state index contributed by atoms with van der Waals surface area (Å²) in [5.41, 5.74) is 0.832. The Hall–Kier alpha value is -3.43. The predicted octanol–water partition coefficient (Wildman–Crippen LogP) is 2.93. The Morgan fingerprint density at radius 2 is 2.11 bits per heavy atom. The summed E-state index contributed by atoms with van der Waals surface area (Å²) < 4.78 is 6.44. The standard InChI is InChI=1S/C28H31N3O6/c1-16-5-4-6-17(13-16)7-8-23(33)30(3)19-9-10-28(34)22-14-18-20(31(35)36)15-21(32)25-24(18)27(28,26(19)37-25)11-12-29(22)2/h4-8,13,15,19,22,26,32,34H,9-12,14H2,1-3H3/t19-,22+,26-,27-,28+/m0/s1. The lowest BCUT2D eigenvalue weighted by molar-refractivity contribution is -0.386. The maximum atomic E-state index is 13.3. The van der Waals surface area contributed by atoms with Crippen LogP contribution >= 0.6 is 0 Å². The lowest BCUT2D eigenvalue weighted by Gasteiger charge is -2.64. The van der Waals surface area contributed by atoms with Gasteiger partial charge in [0.05, 0.1) is 28.0 Å². The van der Waals surface area contributed by atoms with E-state index in [0.29, 0.717) is 43.4 Å². The largest absolute Gasteiger partial charge is 0.504 e. The molecule has 2 fully saturated rings. The van der Waals surface area contributed by atoms with Crippen molar-refractivity contribution in [3.8, 4) is 11.5 Å². The highest BCUT2D eigenvalue weighted by Crippen LogP contribution is 2.66. The highest BCUT2D eigenvalue weighted by Gasteiger charge is 2.73. The van der Waals surface area contributed by atoms with E-state index in [1.54, 1.807) is 24.1 Å². The predicted molar refractivity (Wildman–Crippen MR) is 137 cm³/mol. The summed E-state index contributed by atoms with van der Waals surface area (Å²) in [4.78, 5) is 28.6. The molecule has 0 aromatic heterocycles. The summed E-state index contributed by atoms with van der Waals surface area (Å²) in [6.45, 7) is 2.67. The van der Waals surface area contributed by atoms with Crippen LogP contribution in [0.1, 0.15) is 41.5 Å². The Morgan fingerprint density at radius 1 is 1.32 bits per heavy atom. The van der Waals surface area contributed by atoms with E-state index in [4.69, 9.17) is 4.74 Å². The monoisotopic (exact) mass is 505 g/mol. The Bertz CT molecular complexity index is 1360. The number of aliphatic hydroxyl groups is 1. The molecule has 2 aliphatic carbocycles. The molecule has 37 heavy (non-hydrogen) atoms. The molecule has 2 heterocycles. The molecule has 4 aliphatic rings. The van der Waals surface area contributed by atoms with Crippen LogP contribution in [0.5, 0.6) is 11.5 Å². The Kier molecular flexibility index (Phi) is 5.20. The minimum atomic E-state index is -1.19. The third-order valence-corrected chi connectivity index (χ3v) is 9.31. The van der Waals surface area contributed by atoms with Gasteiger partial charge in [-0.15, -0.1) is 0 Å². The number of aryl methyl sites for hydroxylation is 1. The van der Waals surface area contributed by atoms with Crippen molar-refractivity contribution in [2.45, 2.75) is 61.8 Å². The molecule has 6 rings (SSSR count). The van der Waals surface area contributed by atoms with Gasteiger partial charge in [0, 0.05) is 30.3 Å². The Labute approximate surface area is 215 Å². The fraction of sp³-hybridized carbons (Fsp3) is 0.464. The summed E-state index contributed by atoms with van der Waals surface area (Å²) in [7, 11) is 3.68. The number of carbonyl (C=O) groups excluding carboxylic acids is 1. The number of carbonyl (C=O) groups is 1. The number of hydrogen-bond donors (Lipinski definition) is 2. The van der Waals surface area contributed by atoms with Gasteiger partial charge in [0.2, 0.25) is 5.91 Å². The molecule has 2 aliphatic heterocycles. The average molecular weight is 506 g/mol. The van der Waals surface area contributed by atoms with Gasteiger partial charge in [0.1, 0.15) is 6.10 Å². The van der Waals surface area contributed by atoms with E-state index >= 15 is 0 Å². The third kappa shape index (κ3) is 3.13. The van der Waals surface area contributed by atoms with Gasteiger partial charge in [-0.1, -0.05) is 29.8 Å². The minimum Gasteiger partial charge on any atom is -0.504 e. The maximum absolute atomic E-state index is 13.3. The number of piperidine rings is 1. The van der Waals surface area contributed by atoms with Gasteiger partial charge < -0.3 is 24.7 Å². The number of phenols is 1. The molecule has 9 heteroatoms. The van der Waals surface area contributed by atoms with E-state index in [0.717, 1.165) is 17.2 Å². The van der Waals surface area contributed by atoms with Crippen LogP contribution in [0.3, 0.4) is 0 Å². The van der Waals surface area contributed by atoms with Crippen molar-refractivity contribution < 1.29 is 24.7 Å². The summed E-state index contributed by atoms with van der Waals surface area (Å²) in [6, 6.07) is 8.33. The van der Waals surface area contributed by atoms with Gasteiger partial charge in [-0.05, 0) is 57.8 Å². The van der Waals surface area contributed by atoms with E-state index in [9.17, 15) is 25.1 Å². The van der Waals surface area contributed by atoms with Crippen LogP contribution in [0.15, 0.2) is 36.4 Å². The van der Waals surface area contributed by atoms with E-state index in [2.05, 4.69) is 4.90 Å². The molecule has 2 N–H and O–H groups in total. The quantitative estimate of drug-likeness (QED) is 0.373. The first kappa shape index (κ1) is 23.9. The number of rotatable bonds is 4. The Balaban J connectivity index is 1.43. The zero-order chi connectivity index (χ0) is 26.3. The number of benzene rings is 2. The molecule has 2 aromatic carbocycles. The number of nitro groups is 1. The molecule has 0 radical (unpaired) electrons. The molecule has 1 amide bonds. The fourth-order valence-electron chi connectivity index (χ4n) is 7.58. The first-order valence-electron chi connectivity index (χ1n) is 12.7. The van der Waals surface area contributed by atoms with Crippen LogP contribution < -0.4 is 4.74 Å². The molecule has 2 bridgehead atoms. The highest BCUT2D eigenvalue weighted by atomic mass is 16.6. The first-order valence-corrected chi connectivity index (χ1v) is 12.7. The van der Waals surface area contributed by atoms with E-state index in [1.807, 2.05) is 38.2 Å². The van der Waals surface area contributed by atoms with Gasteiger partial charge in [0.25, 0.3) is 5.69 Å². The van der Waals surface area contributed by atoms with Crippen molar-refractivity contribution in [1.82, 2.24) is 9.80 Å². The summed E-state index contributed by atoms with van der Waals surface area (Å²) in [6.07, 6.45) is 4.45. The number of amides is 1. The van der Waals surface area contributed by atoms with Crippen molar-refractivity contribution in [2.24, 2.45) is 0 Å². The van der Waals surface area contributed by atoms with E-state index in [-0.39, 0.29) is 35.2 Å². The van der Waals surface area contributed by atoms with Gasteiger partial charge in [-0.25, -0.2) is 0 Å². The molecule has 0 unspecified atom stereocenters.